The first-order chi connectivity index (χ1) is 12.8. The molecule has 5 aromatic rings. The molecule has 0 nitrogen and oxygen atoms in total. The molecule has 5 rings (SSSR count). The lowest BCUT2D eigenvalue weighted by Gasteiger charge is -2.17. The molecule has 0 aliphatic heterocycles. The first kappa shape index (κ1) is 17.9. The fraction of sp³-hybridized carbons (Fsp3) is 0.154. The van der Waals surface area contributed by atoms with E-state index in [9.17, 15) is 0 Å². The Kier molecular flexibility index (Phi) is 4.95. The van der Waals surface area contributed by atoms with Crippen molar-refractivity contribution in [3.05, 3.63) is 72.0 Å². The van der Waals surface area contributed by atoms with Crippen molar-refractivity contribution in [2.45, 2.75) is 27.7 Å². The summed E-state index contributed by atoms with van der Waals surface area (Å²) in [4.78, 5) is 0. The van der Waals surface area contributed by atoms with Crippen molar-refractivity contribution >= 4 is 55.7 Å². The molecule has 0 radical (unpaired) electrons. The van der Waals surface area contributed by atoms with Gasteiger partial charge < -0.3 is 0 Å². The molecule has 0 saturated carbocycles. The Morgan fingerprint density at radius 2 is 1.12 bits per heavy atom. The molecule has 0 heterocycles. The molecule has 0 spiro atoms. The monoisotopic (exact) mass is 338 g/mol. The van der Waals surface area contributed by atoms with Crippen molar-refractivity contribution in [1.29, 1.82) is 0 Å². The summed E-state index contributed by atoms with van der Waals surface area (Å²) in [5, 5.41) is 11.5. The molecule has 0 amide bonds. The van der Waals surface area contributed by atoms with Crippen LogP contribution >= 0.6 is 0 Å². The predicted molar refractivity (Wildman–Crippen MR) is 121 cm³/mol. The van der Waals surface area contributed by atoms with E-state index >= 15 is 0 Å². The highest BCUT2D eigenvalue weighted by Gasteiger charge is 2.15. The first-order valence-corrected chi connectivity index (χ1v) is 9.53. The average Bonchev–Trinajstić information content (AvgIpc) is 2.72. The van der Waals surface area contributed by atoms with Crippen LogP contribution in [0.25, 0.3) is 55.7 Å². The number of benzene rings is 5. The Hall–Kier alpha value is -2.86. The SMILES string of the molecule is C=Cc1c2cccc3ccc4ccc5ccc(=C)c1c5c4c32.CC.CC. The second kappa shape index (κ2) is 7.17. The van der Waals surface area contributed by atoms with Gasteiger partial charge in [0.15, 0.2) is 0 Å². The van der Waals surface area contributed by atoms with E-state index in [0.29, 0.717) is 0 Å². The summed E-state index contributed by atoms with van der Waals surface area (Å²) in [6, 6.07) is 19.7. The molecule has 26 heavy (non-hydrogen) atoms. The molecule has 0 unspecified atom stereocenters. The van der Waals surface area contributed by atoms with E-state index in [1.807, 2.05) is 33.8 Å². The molecule has 0 N–H and O–H groups in total. The number of hydrogen-bond donors (Lipinski definition) is 0. The standard InChI is InChI=1S/C22H14.2C2H6/c1-3-17-18-6-4-5-14-9-10-16-12-11-15-8-7-13(2)19(17)21(15)22(16)20(14)18;2*1-2/h3-12H,1-2H2;2*1-2H3. The molecular weight excluding hydrogens is 312 g/mol. The summed E-state index contributed by atoms with van der Waals surface area (Å²) in [7, 11) is 0. The molecular formula is C26H26. The van der Waals surface area contributed by atoms with Crippen molar-refractivity contribution in [3.63, 3.8) is 0 Å². The van der Waals surface area contributed by atoms with Crippen LogP contribution in [0.1, 0.15) is 33.3 Å². The van der Waals surface area contributed by atoms with E-state index in [1.54, 1.807) is 0 Å². The first-order valence-electron chi connectivity index (χ1n) is 9.53. The van der Waals surface area contributed by atoms with E-state index < -0.39 is 0 Å². The zero-order valence-electron chi connectivity index (χ0n) is 16.2. The quantitative estimate of drug-likeness (QED) is 0.218. The van der Waals surface area contributed by atoms with E-state index in [2.05, 4.69) is 67.8 Å². The molecule has 0 aliphatic rings. The van der Waals surface area contributed by atoms with Crippen molar-refractivity contribution in [2.24, 2.45) is 0 Å². The van der Waals surface area contributed by atoms with Crippen molar-refractivity contribution in [3.8, 4) is 0 Å². The molecule has 0 bridgehead atoms. The van der Waals surface area contributed by atoms with Crippen molar-refractivity contribution in [2.75, 3.05) is 0 Å². The highest BCUT2D eigenvalue weighted by molar-refractivity contribution is 6.33. The third-order valence-corrected chi connectivity index (χ3v) is 4.86. The molecule has 0 atom stereocenters. The van der Waals surface area contributed by atoms with Gasteiger partial charge in [-0.2, -0.15) is 0 Å². The highest BCUT2D eigenvalue weighted by atomic mass is 14.2. The van der Waals surface area contributed by atoms with E-state index in [4.69, 9.17) is 0 Å². The number of hydrogen-bond acceptors (Lipinski definition) is 0. The molecule has 0 fully saturated rings. The summed E-state index contributed by atoms with van der Waals surface area (Å²) >= 11 is 0. The lowest BCUT2D eigenvalue weighted by atomic mass is 9.86. The maximum Gasteiger partial charge on any atom is -0.00141 e. The maximum atomic E-state index is 4.27. The van der Waals surface area contributed by atoms with Crippen LogP contribution < -0.4 is 5.22 Å². The van der Waals surface area contributed by atoms with Crippen LogP contribution in [-0.2, 0) is 0 Å². The van der Waals surface area contributed by atoms with Gasteiger partial charge in [-0.3, -0.25) is 0 Å². The fourth-order valence-corrected chi connectivity index (χ4v) is 3.93. The van der Waals surface area contributed by atoms with Crippen LogP contribution in [0.5, 0.6) is 0 Å². The van der Waals surface area contributed by atoms with Crippen LogP contribution in [0.15, 0.2) is 61.2 Å². The third-order valence-electron chi connectivity index (χ3n) is 4.86. The Bertz CT molecular complexity index is 1240. The molecule has 130 valence electrons. The van der Waals surface area contributed by atoms with Gasteiger partial charge in [0, 0.05) is 0 Å². The minimum Gasteiger partial charge on any atom is -0.0984 e. The maximum absolute atomic E-state index is 4.27. The van der Waals surface area contributed by atoms with Crippen LogP contribution in [0.3, 0.4) is 0 Å². The van der Waals surface area contributed by atoms with Crippen LogP contribution in [0.2, 0.25) is 0 Å². The molecule has 5 aromatic carbocycles. The van der Waals surface area contributed by atoms with Gasteiger partial charge in [-0.05, 0) is 53.9 Å². The predicted octanol–water partition coefficient (Wildman–Crippen LogP) is 7.56. The Labute approximate surface area is 155 Å². The third kappa shape index (κ3) is 2.37. The molecule has 0 aliphatic carbocycles. The summed E-state index contributed by atoms with van der Waals surface area (Å²) in [5.41, 5.74) is 1.20. The van der Waals surface area contributed by atoms with Gasteiger partial charge in [0.25, 0.3) is 0 Å². The topological polar surface area (TPSA) is 0 Å². The second-order valence-electron chi connectivity index (χ2n) is 5.95. The summed E-state index contributed by atoms with van der Waals surface area (Å²) in [6.07, 6.45) is 1.98. The van der Waals surface area contributed by atoms with Crippen molar-refractivity contribution < 1.29 is 0 Å². The van der Waals surface area contributed by atoms with Gasteiger partial charge in [-0.15, -0.1) is 0 Å². The summed E-state index contributed by atoms with van der Waals surface area (Å²) in [5.74, 6) is 0. The molecule has 0 saturated heterocycles. The molecule has 0 aromatic heterocycles. The minimum atomic E-state index is 1.07. The van der Waals surface area contributed by atoms with E-state index in [1.165, 1.54) is 48.7 Å². The zero-order chi connectivity index (χ0) is 18.8. The van der Waals surface area contributed by atoms with Crippen molar-refractivity contribution in [1.82, 2.24) is 0 Å². The van der Waals surface area contributed by atoms with Gasteiger partial charge in [-0.25, -0.2) is 0 Å². The van der Waals surface area contributed by atoms with Gasteiger partial charge in [-0.1, -0.05) is 102 Å². The van der Waals surface area contributed by atoms with Gasteiger partial charge in [0.2, 0.25) is 0 Å². The molecule has 0 heteroatoms. The lowest BCUT2D eigenvalue weighted by Crippen LogP contribution is -2.03. The second-order valence-corrected chi connectivity index (χ2v) is 5.95. The fourth-order valence-electron chi connectivity index (χ4n) is 3.93. The summed E-state index contributed by atoms with van der Waals surface area (Å²) < 4.78 is 0. The largest absolute Gasteiger partial charge is 0.0984 e. The van der Waals surface area contributed by atoms with Gasteiger partial charge in [0.05, 0.1) is 0 Å². The van der Waals surface area contributed by atoms with Gasteiger partial charge >= 0.3 is 0 Å². The minimum absolute atomic E-state index is 1.07. The van der Waals surface area contributed by atoms with Crippen LogP contribution in [-0.4, -0.2) is 0 Å². The van der Waals surface area contributed by atoms with Crippen LogP contribution in [0.4, 0.5) is 0 Å². The Morgan fingerprint density at radius 3 is 1.69 bits per heavy atom. The smallest absolute Gasteiger partial charge is 0.00141 e. The Balaban J connectivity index is 0.000000461. The summed E-state index contributed by atoms with van der Waals surface area (Å²) in [6.45, 7) is 16.3. The lowest BCUT2D eigenvalue weighted by molar-refractivity contribution is 1.50. The zero-order valence-corrected chi connectivity index (χ0v) is 16.2. The van der Waals surface area contributed by atoms with E-state index in [-0.39, 0.29) is 0 Å². The normalized spacial score (nSPS) is 10.6. The van der Waals surface area contributed by atoms with E-state index in [0.717, 1.165) is 5.22 Å². The Morgan fingerprint density at radius 1 is 0.615 bits per heavy atom. The average molecular weight is 338 g/mol. The highest BCUT2D eigenvalue weighted by Crippen LogP contribution is 2.41. The van der Waals surface area contributed by atoms with Gasteiger partial charge in [0.1, 0.15) is 0 Å². The van der Waals surface area contributed by atoms with Crippen LogP contribution in [0, 0.1) is 0 Å². The number of rotatable bonds is 1.